The number of benzene rings is 2. The van der Waals surface area contributed by atoms with Gasteiger partial charge in [0.1, 0.15) is 34.1 Å². The number of allylic oxidation sites excluding steroid dienone is 2. The number of esters is 2. The number of halogens is 1. The van der Waals surface area contributed by atoms with Crippen molar-refractivity contribution in [3.63, 3.8) is 0 Å². The summed E-state index contributed by atoms with van der Waals surface area (Å²) < 4.78 is 66.5. The Morgan fingerprint density at radius 1 is 0.630 bits per heavy atom. The third-order valence-electron chi connectivity index (χ3n) is 12.5. The number of anilines is 2. The molecule has 2 fully saturated rings. The summed E-state index contributed by atoms with van der Waals surface area (Å²) >= 11 is 5.47. The molecule has 1 amide bonds. The predicted octanol–water partition coefficient (Wildman–Crippen LogP) is 12.9. The van der Waals surface area contributed by atoms with Crippen LogP contribution in [0.4, 0.5) is 11.4 Å². The number of nitrogens with two attached hydrogens (primary N) is 1. The number of ether oxygens (including phenoxy) is 12. The second kappa shape index (κ2) is 34.3. The molecule has 81 heavy (non-hydrogen) atoms. The summed E-state index contributed by atoms with van der Waals surface area (Å²) in [5, 5.41) is 2.50. The van der Waals surface area contributed by atoms with E-state index < -0.39 is 45.8 Å². The highest BCUT2D eigenvalue weighted by Crippen LogP contribution is 2.38. The summed E-state index contributed by atoms with van der Waals surface area (Å²) in [6, 6.07) is 8.01. The predicted molar refractivity (Wildman–Crippen MR) is 324 cm³/mol. The van der Waals surface area contributed by atoms with Gasteiger partial charge in [-0.2, -0.15) is 0 Å². The van der Waals surface area contributed by atoms with Crippen LogP contribution in [0, 0.1) is 23.7 Å². The van der Waals surface area contributed by atoms with Crippen LogP contribution in [0.15, 0.2) is 48.6 Å². The first-order chi connectivity index (χ1) is 37.6. The van der Waals surface area contributed by atoms with E-state index in [9.17, 15) is 19.2 Å². The standard InChI is InChI=1S/C30H49NO8Si.C15H25ClO3.C15H25NO5Si/c1-20(2)12-11-13-21(3)28-25(38-30(4,5)39-28)18-26(32)31-23-16-22(35-7)17-24(37-19-34-6)27(23)29(33)36-14-15-40(8,9)10;1-10(2)7-6-8-11(3)14-12(9-13(16)17)18-15(4,5)19-14;1-18-10-21-13-9-11(19-2)8-12(16)14(13)15(17)20-6-7-22(3,4)5/h11,13,16-17,20-21,25,28H,12,14-15,18-19H2,1-10H3,(H,31,32);6,8,10-12,14H,7,9H2,1-5H3;8-9H,6-7,10,16H2,1-5H3/b13-11-;8-6-;/t21?,25-,28+;11?,12-,14+;/m00./s1. The molecule has 0 aromatic heterocycles. The van der Waals surface area contributed by atoms with E-state index in [4.69, 9.17) is 74.2 Å². The molecular weight excluding hydrogens is 1100 g/mol. The first-order valence-corrected chi connectivity index (χ1v) is 35.7. The van der Waals surface area contributed by atoms with Gasteiger partial charge in [-0.05, 0) is 76.1 Å². The Kier molecular flexibility index (Phi) is 30.7. The van der Waals surface area contributed by atoms with Gasteiger partial charge in [0.05, 0.1) is 76.1 Å². The number of nitrogens with one attached hydrogen (secondary N) is 1. The lowest BCUT2D eigenvalue weighted by Crippen LogP contribution is -2.32. The van der Waals surface area contributed by atoms with Gasteiger partial charge >= 0.3 is 11.9 Å². The number of rotatable bonds is 29. The molecule has 2 aromatic carbocycles. The van der Waals surface area contributed by atoms with Gasteiger partial charge in [0.2, 0.25) is 11.1 Å². The zero-order valence-electron chi connectivity index (χ0n) is 52.3. The molecule has 2 aliphatic rings. The van der Waals surface area contributed by atoms with E-state index in [0.29, 0.717) is 29.9 Å². The topological polar surface area (TPSA) is 217 Å². The fourth-order valence-electron chi connectivity index (χ4n) is 8.31. The molecule has 0 bridgehead atoms. The minimum atomic E-state index is -1.43. The fraction of sp³-hybridized carbons (Fsp3) is 0.667. The van der Waals surface area contributed by atoms with E-state index in [-0.39, 0.29) is 108 Å². The van der Waals surface area contributed by atoms with Crippen LogP contribution < -0.4 is 30.0 Å². The quantitative estimate of drug-likeness (QED) is 0.0193. The molecule has 6 atom stereocenters. The molecule has 0 aliphatic carbocycles. The third kappa shape index (κ3) is 27.6. The fourth-order valence-corrected chi connectivity index (χ4v) is 9.89. The Labute approximate surface area is 491 Å². The van der Waals surface area contributed by atoms with E-state index in [1.165, 1.54) is 28.4 Å². The first kappa shape index (κ1) is 72.6. The van der Waals surface area contributed by atoms with Gasteiger partial charge in [0.15, 0.2) is 25.2 Å². The Balaban J connectivity index is 0.000000459. The lowest BCUT2D eigenvalue weighted by Gasteiger charge is -2.22. The van der Waals surface area contributed by atoms with Crippen LogP contribution in [0.5, 0.6) is 23.0 Å². The summed E-state index contributed by atoms with van der Waals surface area (Å²) in [5.74, 6) is -0.0741. The van der Waals surface area contributed by atoms with E-state index >= 15 is 0 Å². The molecule has 0 spiro atoms. The van der Waals surface area contributed by atoms with Crippen LogP contribution in [0.25, 0.3) is 0 Å². The van der Waals surface area contributed by atoms with Crippen molar-refractivity contribution in [1.82, 2.24) is 0 Å². The minimum absolute atomic E-state index is 0.00178. The number of hydrogen-bond donors (Lipinski definition) is 2. The third-order valence-corrected chi connectivity index (χ3v) is 16.1. The van der Waals surface area contributed by atoms with Crippen LogP contribution in [0.1, 0.15) is 116 Å². The first-order valence-electron chi connectivity index (χ1n) is 27.9. The summed E-state index contributed by atoms with van der Waals surface area (Å²) in [7, 11) is 3.30. The zero-order chi connectivity index (χ0) is 61.5. The van der Waals surface area contributed by atoms with Crippen molar-refractivity contribution in [3.8, 4) is 23.0 Å². The molecule has 460 valence electrons. The second-order valence-corrected chi connectivity index (χ2v) is 36.2. The van der Waals surface area contributed by atoms with Gasteiger partial charge in [-0.1, -0.05) is 105 Å². The average molecular weight is 1200 g/mol. The summed E-state index contributed by atoms with van der Waals surface area (Å²) in [5.41, 5.74) is 6.72. The van der Waals surface area contributed by atoms with Crippen molar-refractivity contribution in [2.45, 2.75) is 182 Å². The number of nitrogen functional groups attached to an aromatic ring is 1. The average Bonchev–Trinajstić information content (AvgIpc) is 3.82. The molecule has 2 aliphatic heterocycles. The molecular formula is C60H99ClN2O16Si2. The minimum Gasteiger partial charge on any atom is -0.497 e. The molecule has 2 saturated heterocycles. The van der Waals surface area contributed by atoms with Crippen molar-refractivity contribution in [2.75, 3.05) is 66.3 Å². The van der Waals surface area contributed by atoms with Crippen molar-refractivity contribution in [3.05, 3.63) is 59.7 Å². The lowest BCUT2D eigenvalue weighted by molar-refractivity contribution is -0.150. The monoisotopic (exact) mass is 1190 g/mol. The number of carbonyl (C=O) groups excluding carboxylic acids is 4. The summed E-state index contributed by atoms with van der Waals surface area (Å²) in [6.45, 7) is 34.1. The Morgan fingerprint density at radius 3 is 1.43 bits per heavy atom. The van der Waals surface area contributed by atoms with Gasteiger partial charge in [0, 0.05) is 66.5 Å². The highest BCUT2D eigenvalue weighted by atomic mass is 35.5. The van der Waals surface area contributed by atoms with E-state index in [0.717, 1.165) is 24.9 Å². The maximum atomic E-state index is 13.4. The molecule has 0 saturated carbocycles. The molecule has 2 aromatic rings. The maximum Gasteiger partial charge on any atom is 0.344 e. The van der Waals surface area contributed by atoms with Crippen molar-refractivity contribution in [1.29, 1.82) is 0 Å². The number of carbonyl (C=O) groups is 4. The van der Waals surface area contributed by atoms with Gasteiger partial charge in [-0.15, -0.1) is 0 Å². The zero-order valence-corrected chi connectivity index (χ0v) is 55.1. The molecule has 0 radical (unpaired) electrons. The van der Waals surface area contributed by atoms with Crippen molar-refractivity contribution < 1.29 is 76.0 Å². The normalized spacial score (nSPS) is 19.3. The molecule has 21 heteroatoms. The molecule has 4 rings (SSSR count). The summed E-state index contributed by atoms with van der Waals surface area (Å²) in [4.78, 5) is 50.0. The van der Waals surface area contributed by atoms with Gasteiger partial charge in [-0.3, -0.25) is 9.59 Å². The van der Waals surface area contributed by atoms with Crippen molar-refractivity contribution >= 4 is 62.2 Å². The Bertz CT molecular complexity index is 2350. The number of methoxy groups -OCH3 is 4. The lowest BCUT2D eigenvalue weighted by atomic mass is 9.96. The van der Waals surface area contributed by atoms with E-state index in [1.54, 1.807) is 24.3 Å². The Morgan fingerprint density at radius 2 is 1.04 bits per heavy atom. The van der Waals surface area contributed by atoms with Crippen LogP contribution in [0.3, 0.4) is 0 Å². The molecule has 3 N–H and O–H groups in total. The molecule has 18 nitrogen and oxygen atoms in total. The van der Waals surface area contributed by atoms with Gasteiger partial charge < -0.3 is 67.9 Å². The van der Waals surface area contributed by atoms with Gasteiger partial charge in [0.25, 0.3) is 0 Å². The largest absolute Gasteiger partial charge is 0.497 e. The molecule has 2 unspecified atom stereocenters. The van der Waals surface area contributed by atoms with Crippen molar-refractivity contribution in [2.24, 2.45) is 23.7 Å². The summed E-state index contributed by atoms with van der Waals surface area (Å²) in [6.07, 6.45) is 9.65. The van der Waals surface area contributed by atoms with Crippen LogP contribution in [-0.2, 0) is 47.5 Å². The van der Waals surface area contributed by atoms with Crippen LogP contribution in [-0.4, -0.2) is 130 Å². The highest BCUT2D eigenvalue weighted by molar-refractivity contribution is 6.76. The van der Waals surface area contributed by atoms with E-state index in [2.05, 4.69) is 110 Å². The SMILES string of the molecule is CC(C)C/C=C\C(C)[C@H]1OC(C)(C)O[C@H]1CC(=O)Cl.COCOc1cc(OC)cc(N)c1C(=O)OCC[Si](C)(C)C.COCOc1cc(OC)cc(NC(=O)C[C@@H]2OC(C)(C)O[C@@H]2C(C)/C=C\CC(C)C)c1C(=O)OCC[Si](C)(C)C. The number of hydrogen-bond acceptors (Lipinski definition) is 17. The van der Waals surface area contributed by atoms with Crippen LogP contribution in [0.2, 0.25) is 51.4 Å². The highest BCUT2D eigenvalue weighted by Gasteiger charge is 2.45. The van der Waals surface area contributed by atoms with Crippen LogP contribution >= 0.6 is 11.6 Å². The number of amides is 1. The van der Waals surface area contributed by atoms with E-state index in [1.807, 2.05) is 27.7 Å². The maximum absolute atomic E-state index is 13.4. The Hall–Kier alpha value is -4.52. The smallest absolute Gasteiger partial charge is 0.344 e. The van der Waals surface area contributed by atoms with Gasteiger partial charge in [-0.25, -0.2) is 9.59 Å². The second-order valence-electron chi connectivity index (χ2n) is 24.6. The molecule has 2 heterocycles.